The fourth-order valence-electron chi connectivity index (χ4n) is 3.39. The third-order valence-corrected chi connectivity index (χ3v) is 4.37. The van der Waals surface area contributed by atoms with Gasteiger partial charge in [-0.3, -0.25) is 9.59 Å². The number of hydrogen-bond acceptors (Lipinski definition) is 4. The second kappa shape index (κ2) is 5.51. The van der Waals surface area contributed by atoms with Crippen LogP contribution in [0.3, 0.4) is 0 Å². The van der Waals surface area contributed by atoms with Gasteiger partial charge in [0.1, 0.15) is 5.70 Å². The summed E-state index contributed by atoms with van der Waals surface area (Å²) in [5, 5.41) is 21.7. The van der Waals surface area contributed by atoms with E-state index in [-0.39, 0.29) is 17.6 Å². The van der Waals surface area contributed by atoms with Crippen molar-refractivity contribution in [3.05, 3.63) is 35.5 Å². The third kappa shape index (κ3) is 2.29. The minimum atomic E-state index is -1.17. The molecule has 0 radical (unpaired) electrons. The summed E-state index contributed by atoms with van der Waals surface area (Å²) in [5.74, 6) is -2.11. The molecule has 3 rings (SSSR count). The van der Waals surface area contributed by atoms with E-state index in [2.05, 4.69) is 5.32 Å². The van der Waals surface area contributed by atoms with E-state index in [0.717, 1.165) is 0 Å². The Balaban J connectivity index is 2.01. The van der Waals surface area contributed by atoms with Gasteiger partial charge in [0.2, 0.25) is 12.3 Å². The van der Waals surface area contributed by atoms with Crippen LogP contribution in [0.5, 0.6) is 0 Å². The Morgan fingerprint density at radius 1 is 1.48 bits per heavy atom. The van der Waals surface area contributed by atoms with Crippen molar-refractivity contribution < 1.29 is 24.6 Å². The van der Waals surface area contributed by atoms with Crippen LogP contribution in [-0.2, 0) is 14.4 Å². The molecule has 7 nitrogen and oxygen atoms in total. The topological polar surface area (TPSA) is 107 Å². The summed E-state index contributed by atoms with van der Waals surface area (Å²) in [6.45, 7) is 1.53. The number of carboxylic acid groups (broad SMARTS) is 1. The molecule has 0 aromatic heterocycles. The van der Waals surface area contributed by atoms with Gasteiger partial charge in [-0.2, -0.15) is 0 Å². The molecular formula is C16H16N2O5. The number of amides is 2. The zero-order valence-corrected chi connectivity index (χ0v) is 12.4. The van der Waals surface area contributed by atoms with Crippen LogP contribution in [0.4, 0.5) is 5.69 Å². The fraction of sp³-hybridized carbons (Fsp3) is 0.312. The van der Waals surface area contributed by atoms with Gasteiger partial charge >= 0.3 is 5.97 Å². The average molecular weight is 316 g/mol. The van der Waals surface area contributed by atoms with Crippen molar-refractivity contribution >= 4 is 29.5 Å². The second-order valence-corrected chi connectivity index (χ2v) is 5.72. The monoisotopic (exact) mass is 316 g/mol. The number of carboxylic acids is 1. The molecule has 0 saturated carbocycles. The molecule has 23 heavy (non-hydrogen) atoms. The first-order valence-electron chi connectivity index (χ1n) is 7.24. The van der Waals surface area contributed by atoms with Crippen LogP contribution in [0, 0.1) is 5.92 Å². The van der Waals surface area contributed by atoms with Crippen LogP contribution in [-0.4, -0.2) is 45.5 Å². The summed E-state index contributed by atoms with van der Waals surface area (Å²) in [6.07, 6.45) is 0.0923. The maximum atomic E-state index is 12.2. The summed E-state index contributed by atoms with van der Waals surface area (Å²) >= 11 is 0. The number of anilines is 1. The zero-order valence-electron chi connectivity index (χ0n) is 12.4. The van der Waals surface area contributed by atoms with Gasteiger partial charge in [0.15, 0.2) is 0 Å². The largest absolute Gasteiger partial charge is 0.477 e. The Morgan fingerprint density at radius 3 is 2.83 bits per heavy atom. The third-order valence-electron chi connectivity index (χ3n) is 4.37. The van der Waals surface area contributed by atoms with E-state index < -0.39 is 18.0 Å². The van der Waals surface area contributed by atoms with Gasteiger partial charge in [0, 0.05) is 5.69 Å². The van der Waals surface area contributed by atoms with Crippen molar-refractivity contribution in [3.8, 4) is 0 Å². The Kier molecular flexibility index (Phi) is 3.65. The number of fused-ring (bicyclic) bond motifs is 1. The number of hydrogen-bond donors (Lipinski definition) is 3. The summed E-state index contributed by atoms with van der Waals surface area (Å²) in [5.41, 5.74) is 1.68. The molecule has 1 aromatic rings. The number of nitrogens with one attached hydrogen (secondary N) is 1. The Hall–Kier alpha value is -2.67. The summed E-state index contributed by atoms with van der Waals surface area (Å²) in [6, 6.07) is 6.47. The quantitative estimate of drug-likeness (QED) is 0.546. The molecule has 0 unspecified atom stereocenters. The molecule has 1 aromatic carbocycles. The van der Waals surface area contributed by atoms with Gasteiger partial charge in [-0.05, 0) is 36.6 Å². The normalized spacial score (nSPS) is 24.1. The highest BCUT2D eigenvalue weighted by Gasteiger charge is 2.56. The predicted octanol–water partition coefficient (Wildman–Crippen LogP) is 0.662. The molecule has 2 amide bonds. The van der Waals surface area contributed by atoms with E-state index in [1.165, 1.54) is 11.8 Å². The maximum absolute atomic E-state index is 12.2. The molecule has 0 spiro atoms. The molecule has 120 valence electrons. The molecular weight excluding hydrogens is 300 g/mol. The highest BCUT2D eigenvalue weighted by Crippen LogP contribution is 2.47. The average Bonchev–Trinajstić information content (AvgIpc) is 2.82. The molecule has 0 bridgehead atoms. The van der Waals surface area contributed by atoms with Gasteiger partial charge in [0.05, 0.1) is 18.1 Å². The molecule has 0 aliphatic carbocycles. The lowest BCUT2D eigenvalue weighted by molar-refractivity contribution is -0.161. The Labute approximate surface area is 132 Å². The van der Waals surface area contributed by atoms with Crippen LogP contribution in [0.25, 0.3) is 5.57 Å². The summed E-state index contributed by atoms with van der Waals surface area (Å²) in [4.78, 5) is 35.6. The number of benzene rings is 1. The zero-order chi connectivity index (χ0) is 16.7. The highest BCUT2D eigenvalue weighted by molar-refractivity contribution is 6.06. The number of aliphatic carboxylic acids is 1. The van der Waals surface area contributed by atoms with Crippen molar-refractivity contribution in [2.24, 2.45) is 5.92 Å². The van der Waals surface area contributed by atoms with E-state index in [1.807, 2.05) is 0 Å². The molecule has 2 aliphatic rings. The lowest BCUT2D eigenvalue weighted by Gasteiger charge is -2.44. The number of aliphatic hydroxyl groups excluding tert-OH is 1. The summed E-state index contributed by atoms with van der Waals surface area (Å²) < 4.78 is 0. The highest BCUT2D eigenvalue weighted by atomic mass is 16.4. The SMILES string of the molecule is C[C@@H](O)[C@H]1C(=O)N2C(C(=O)O)=C(c3cccc(NC=O)c3)C[C@H]12. The van der Waals surface area contributed by atoms with Crippen LogP contribution in [0.1, 0.15) is 18.9 Å². The number of nitrogens with zero attached hydrogens (tertiary/aromatic N) is 1. The maximum Gasteiger partial charge on any atom is 0.352 e. The first kappa shape index (κ1) is 15.2. The van der Waals surface area contributed by atoms with Crippen LogP contribution >= 0.6 is 0 Å². The van der Waals surface area contributed by atoms with Gasteiger partial charge in [-0.25, -0.2) is 4.79 Å². The Bertz CT molecular complexity index is 725. The van der Waals surface area contributed by atoms with E-state index in [9.17, 15) is 24.6 Å². The van der Waals surface area contributed by atoms with Crippen molar-refractivity contribution in [2.45, 2.75) is 25.5 Å². The first-order chi connectivity index (χ1) is 11.0. The number of β-lactam (4-membered cyclic amide) rings is 1. The van der Waals surface area contributed by atoms with Crippen LogP contribution in [0.15, 0.2) is 30.0 Å². The molecule has 3 N–H and O–H groups in total. The standard InChI is InChI=1S/C16H16N2O5/c1-8(20)13-12-6-11(14(16(22)23)18(12)15(13)21)9-3-2-4-10(5-9)17-7-19/h2-5,7-8,12-13,20H,6H2,1H3,(H,17,19)(H,22,23)/t8-,12-,13-/m1/s1. The fourth-order valence-corrected chi connectivity index (χ4v) is 3.39. The van der Waals surface area contributed by atoms with Crippen LogP contribution in [0.2, 0.25) is 0 Å². The van der Waals surface area contributed by atoms with E-state index in [1.54, 1.807) is 24.3 Å². The minimum absolute atomic E-state index is 0.0415. The van der Waals surface area contributed by atoms with E-state index in [4.69, 9.17) is 0 Å². The lowest BCUT2D eigenvalue weighted by atomic mass is 9.82. The number of carbonyl (C=O) groups excluding carboxylic acids is 2. The van der Waals surface area contributed by atoms with Gasteiger partial charge < -0.3 is 20.4 Å². The second-order valence-electron chi connectivity index (χ2n) is 5.72. The smallest absolute Gasteiger partial charge is 0.352 e. The van der Waals surface area contributed by atoms with Crippen molar-refractivity contribution in [2.75, 3.05) is 5.32 Å². The molecule has 1 saturated heterocycles. The number of carbonyl (C=O) groups is 3. The molecule has 2 aliphatic heterocycles. The number of aliphatic hydroxyl groups is 1. The first-order valence-corrected chi connectivity index (χ1v) is 7.24. The summed E-state index contributed by atoms with van der Waals surface area (Å²) in [7, 11) is 0. The molecule has 2 heterocycles. The number of rotatable bonds is 5. The Morgan fingerprint density at radius 2 is 2.22 bits per heavy atom. The predicted molar refractivity (Wildman–Crippen MR) is 81.1 cm³/mol. The molecule has 7 heteroatoms. The van der Waals surface area contributed by atoms with Crippen molar-refractivity contribution in [1.82, 2.24) is 4.90 Å². The molecule has 1 fully saturated rings. The van der Waals surface area contributed by atoms with E-state index >= 15 is 0 Å². The lowest BCUT2D eigenvalue weighted by Crippen LogP contribution is -2.61. The van der Waals surface area contributed by atoms with E-state index in [0.29, 0.717) is 29.7 Å². The molecule has 3 atom stereocenters. The van der Waals surface area contributed by atoms with Gasteiger partial charge in [-0.15, -0.1) is 0 Å². The van der Waals surface area contributed by atoms with Crippen LogP contribution < -0.4 is 5.32 Å². The van der Waals surface area contributed by atoms with Gasteiger partial charge in [0.25, 0.3) is 0 Å². The van der Waals surface area contributed by atoms with Crippen molar-refractivity contribution in [3.63, 3.8) is 0 Å². The van der Waals surface area contributed by atoms with Gasteiger partial charge in [-0.1, -0.05) is 12.1 Å². The minimum Gasteiger partial charge on any atom is -0.477 e. The van der Waals surface area contributed by atoms with Crippen molar-refractivity contribution in [1.29, 1.82) is 0 Å².